The van der Waals surface area contributed by atoms with Crippen molar-refractivity contribution in [1.29, 1.82) is 0 Å². The van der Waals surface area contributed by atoms with Gasteiger partial charge in [0.25, 0.3) is 0 Å². The molecule has 2 aromatic rings. The molecule has 1 saturated carbocycles. The molecule has 1 aliphatic rings. The molecule has 0 amide bonds. The van der Waals surface area contributed by atoms with Crippen molar-refractivity contribution in [3.63, 3.8) is 0 Å². The molecule has 1 aromatic carbocycles. The molecule has 0 atom stereocenters. The van der Waals surface area contributed by atoms with Crippen LogP contribution < -0.4 is 0 Å². The monoisotopic (exact) mass is 301 g/mol. The maximum atomic E-state index is 4.39. The molecule has 3 rings (SSSR count). The van der Waals surface area contributed by atoms with Crippen molar-refractivity contribution in [2.75, 3.05) is 5.75 Å². The maximum Gasteiger partial charge on any atom is 0.195 e. The summed E-state index contributed by atoms with van der Waals surface area (Å²) >= 11 is 1.87. The van der Waals surface area contributed by atoms with Gasteiger partial charge < -0.3 is 0 Å². The van der Waals surface area contributed by atoms with Crippen LogP contribution in [0.25, 0.3) is 5.69 Å². The third-order valence-electron chi connectivity index (χ3n) is 4.32. The molecule has 1 aliphatic carbocycles. The highest BCUT2D eigenvalue weighted by Crippen LogP contribution is 2.31. The van der Waals surface area contributed by atoms with E-state index < -0.39 is 0 Å². The van der Waals surface area contributed by atoms with Crippen LogP contribution in [0.15, 0.2) is 29.4 Å². The molecule has 0 saturated heterocycles. The first-order valence-electron chi connectivity index (χ1n) is 7.86. The van der Waals surface area contributed by atoms with E-state index in [1.165, 1.54) is 49.1 Å². The Morgan fingerprint density at radius 1 is 1.10 bits per heavy atom. The average Bonchev–Trinajstić information content (AvgIpc) is 2.88. The second-order valence-corrected chi connectivity index (χ2v) is 6.95. The van der Waals surface area contributed by atoms with Gasteiger partial charge in [0, 0.05) is 5.75 Å². The fourth-order valence-corrected chi connectivity index (χ4v) is 4.25. The first-order chi connectivity index (χ1) is 10.3. The number of para-hydroxylation sites is 1. The normalized spacial score (nSPS) is 16.3. The molecule has 1 fully saturated rings. The highest BCUT2D eigenvalue weighted by atomic mass is 32.2. The van der Waals surface area contributed by atoms with E-state index in [4.69, 9.17) is 0 Å². The number of thioether (sulfide) groups is 1. The van der Waals surface area contributed by atoms with Crippen molar-refractivity contribution in [3.05, 3.63) is 35.7 Å². The first-order valence-corrected chi connectivity index (χ1v) is 8.85. The highest BCUT2D eigenvalue weighted by Gasteiger charge is 2.17. The number of aryl methyl sites for hydroxylation is 2. The lowest BCUT2D eigenvalue weighted by atomic mass is 9.91. The molecule has 3 nitrogen and oxygen atoms in total. The van der Waals surface area contributed by atoms with Gasteiger partial charge in [0.2, 0.25) is 0 Å². The van der Waals surface area contributed by atoms with Crippen molar-refractivity contribution < 1.29 is 0 Å². The molecule has 0 bridgehead atoms. The van der Waals surface area contributed by atoms with Gasteiger partial charge in [0.1, 0.15) is 5.82 Å². The van der Waals surface area contributed by atoms with E-state index in [2.05, 4.69) is 46.0 Å². The van der Waals surface area contributed by atoms with Gasteiger partial charge >= 0.3 is 0 Å². The Labute approximate surface area is 131 Å². The lowest BCUT2D eigenvalue weighted by Crippen LogP contribution is -2.09. The summed E-state index contributed by atoms with van der Waals surface area (Å²) < 4.78 is 2.20. The van der Waals surface area contributed by atoms with E-state index in [9.17, 15) is 0 Å². The molecule has 1 aromatic heterocycles. The van der Waals surface area contributed by atoms with E-state index in [0.29, 0.717) is 0 Å². The quantitative estimate of drug-likeness (QED) is 0.776. The van der Waals surface area contributed by atoms with Gasteiger partial charge in [-0.25, -0.2) is 0 Å². The minimum Gasteiger partial charge on any atom is -0.274 e. The number of hydrogen-bond donors (Lipinski definition) is 0. The van der Waals surface area contributed by atoms with Crippen LogP contribution in [0.1, 0.15) is 43.5 Å². The molecule has 0 N–H and O–H groups in total. The molecule has 0 unspecified atom stereocenters. The van der Waals surface area contributed by atoms with Crippen LogP contribution >= 0.6 is 11.8 Å². The molecule has 0 radical (unpaired) electrons. The number of benzene rings is 1. The summed E-state index contributed by atoms with van der Waals surface area (Å²) in [7, 11) is 0. The summed E-state index contributed by atoms with van der Waals surface area (Å²) in [5.74, 6) is 2.99. The molecule has 0 aliphatic heterocycles. The van der Waals surface area contributed by atoms with Crippen LogP contribution in [0.2, 0.25) is 0 Å². The van der Waals surface area contributed by atoms with Crippen LogP contribution in [-0.4, -0.2) is 20.5 Å². The first kappa shape index (κ1) is 14.6. The molecule has 4 heteroatoms. The Morgan fingerprint density at radius 3 is 2.62 bits per heavy atom. The zero-order chi connectivity index (χ0) is 14.7. The zero-order valence-corrected chi connectivity index (χ0v) is 13.7. The summed E-state index contributed by atoms with van der Waals surface area (Å²) in [4.78, 5) is 0. The van der Waals surface area contributed by atoms with Crippen molar-refractivity contribution in [2.24, 2.45) is 5.92 Å². The van der Waals surface area contributed by atoms with Gasteiger partial charge in [-0.2, -0.15) is 0 Å². The SMILES string of the molecule is Cc1ccccc1-n1c(C)nnc1SCC1CCCCC1. The van der Waals surface area contributed by atoms with Gasteiger partial charge in [-0.3, -0.25) is 4.57 Å². The minimum absolute atomic E-state index is 0.853. The second kappa shape index (κ2) is 6.65. The Hall–Kier alpha value is -1.29. The fraction of sp³-hybridized carbons (Fsp3) is 0.529. The van der Waals surface area contributed by atoms with E-state index in [-0.39, 0.29) is 0 Å². The Kier molecular flexibility index (Phi) is 4.63. The van der Waals surface area contributed by atoms with Gasteiger partial charge in [0.15, 0.2) is 5.16 Å². The third kappa shape index (κ3) is 3.31. The molecule has 112 valence electrons. The predicted octanol–water partition coefficient (Wildman–Crippen LogP) is 4.56. The lowest BCUT2D eigenvalue weighted by Gasteiger charge is -2.21. The van der Waals surface area contributed by atoms with Gasteiger partial charge in [-0.15, -0.1) is 10.2 Å². The average molecular weight is 301 g/mol. The molecule has 1 heterocycles. The van der Waals surface area contributed by atoms with Gasteiger partial charge in [0.05, 0.1) is 5.69 Å². The largest absolute Gasteiger partial charge is 0.274 e. The molecular weight excluding hydrogens is 278 g/mol. The molecular formula is C17H23N3S. The maximum absolute atomic E-state index is 4.39. The van der Waals surface area contributed by atoms with Crippen molar-refractivity contribution in [2.45, 2.75) is 51.1 Å². The smallest absolute Gasteiger partial charge is 0.195 e. The van der Waals surface area contributed by atoms with Crippen LogP contribution in [0, 0.1) is 19.8 Å². The van der Waals surface area contributed by atoms with Gasteiger partial charge in [-0.1, -0.05) is 49.2 Å². The lowest BCUT2D eigenvalue weighted by molar-refractivity contribution is 0.390. The van der Waals surface area contributed by atoms with Crippen LogP contribution in [-0.2, 0) is 0 Å². The summed E-state index contributed by atoms with van der Waals surface area (Å²) in [5, 5.41) is 9.72. The standard InChI is InChI=1S/C17H23N3S/c1-13-8-6-7-11-16(13)20-14(2)18-19-17(20)21-12-15-9-4-3-5-10-15/h6-8,11,15H,3-5,9-10,12H2,1-2H3. The Bertz CT molecular complexity index is 600. The fourth-order valence-electron chi connectivity index (χ4n) is 3.07. The highest BCUT2D eigenvalue weighted by molar-refractivity contribution is 7.99. The Morgan fingerprint density at radius 2 is 1.86 bits per heavy atom. The molecule has 0 spiro atoms. The molecule has 21 heavy (non-hydrogen) atoms. The third-order valence-corrected chi connectivity index (χ3v) is 5.48. The van der Waals surface area contributed by atoms with E-state index >= 15 is 0 Å². The number of nitrogens with zero attached hydrogens (tertiary/aromatic N) is 3. The number of aromatic nitrogens is 3. The van der Waals surface area contributed by atoms with Crippen LogP contribution in [0.3, 0.4) is 0 Å². The van der Waals surface area contributed by atoms with Crippen molar-refractivity contribution >= 4 is 11.8 Å². The van der Waals surface area contributed by atoms with Crippen LogP contribution in [0.5, 0.6) is 0 Å². The predicted molar refractivity (Wildman–Crippen MR) is 88.1 cm³/mol. The zero-order valence-electron chi connectivity index (χ0n) is 12.9. The van der Waals surface area contributed by atoms with Crippen molar-refractivity contribution in [1.82, 2.24) is 14.8 Å². The topological polar surface area (TPSA) is 30.7 Å². The Balaban J connectivity index is 1.79. The van der Waals surface area contributed by atoms with E-state index in [1.807, 2.05) is 18.7 Å². The number of hydrogen-bond acceptors (Lipinski definition) is 3. The minimum atomic E-state index is 0.853. The summed E-state index contributed by atoms with van der Waals surface area (Å²) in [6.07, 6.45) is 6.97. The van der Waals surface area contributed by atoms with Crippen LogP contribution in [0.4, 0.5) is 0 Å². The van der Waals surface area contributed by atoms with E-state index in [0.717, 1.165) is 16.9 Å². The summed E-state index contributed by atoms with van der Waals surface area (Å²) in [5.41, 5.74) is 2.46. The summed E-state index contributed by atoms with van der Waals surface area (Å²) in [6.45, 7) is 4.18. The number of rotatable bonds is 4. The summed E-state index contributed by atoms with van der Waals surface area (Å²) in [6, 6.07) is 8.45. The van der Waals surface area contributed by atoms with E-state index in [1.54, 1.807) is 0 Å². The van der Waals surface area contributed by atoms with Gasteiger partial charge in [-0.05, 0) is 44.2 Å². The second-order valence-electron chi connectivity index (χ2n) is 5.97. The van der Waals surface area contributed by atoms with Crippen molar-refractivity contribution in [3.8, 4) is 5.69 Å².